The Balaban J connectivity index is 1.39. The number of carbonyl (C=O) groups excluding carboxylic acids is 1. The SMILES string of the molecule is Cn1cc(C(=O)NCCN2CCN(c3ccccc3)CC2)cn1. The fourth-order valence-corrected chi connectivity index (χ4v) is 2.84. The van der Waals surface area contributed by atoms with Crippen LogP contribution in [0.3, 0.4) is 0 Å². The molecule has 0 radical (unpaired) electrons. The maximum Gasteiger partial charge on any atom is 0.254 e. The average molecular weight is 313 g/mol. The number of benzene rings is 1. The van der Waals surface area contributed by atoms with E-state index in [2.05, 4.69) is 44.5 Å². The fourth-order valence-electron chi connectivity index (χ4n) is 2.84. The Morgan fingerprint density at radius 3 is 2.57 bits per heavy atom. The number of amides is 1. The van der Waals surface area contributed by atoms with E-state index >= 15 is 0 Å². The molecule has 122 valence electrons. The van der Waals surface area contributed by atoms with E-state index in [0.29, 0.717) is 12.1 Å². The van der Waals surface area contributed by atoms with Gasteiger partial charge in [0, 0.05) is 58.2 Å². The van der Waals surface area contributed by atoms with E-state index in [9.17, 15) is 4.79 Å². The van der Waals surface area contributed by atoms with Crippen LogP contribution < -0.4 is 10.2 Å². The summed E-state index contributed by atoms with van der Waals surface area (Å²) in [4.78, 5) is 16.7. The van der Waals surface area contributed by atoms with Crippen molar-refractivity contribution in [1.82, 2.24) is 20.0 Å². The smallest absolute Gasteiger partial charge is 0.254 e. The van der Waals surface area contributed by atoms with E-state index in [1.54, 1.807) is 17.1 Å². The summed E-state index contributed by atoms with van der Waals surface area (Å²) in [6, 6.07) is 10.5. The second-order valence-corrected chi connectivity index (χ2v) is 5.82. The van der Waals surface area contributed by atoms with Gasteiger partial charge in [-0.05, 0) is 12.1 Å². The highest BCUT2D eigenvalue weighted by atomic mass is 16.1. The standard InChI is InChI=1S/C17H23N5O/c1-20-14-15(13-19-20)17(23)18-7-8-21-9-11-22(12-10-21)16-5-3-2-4-6-16/h2-6,13-14H,7-12H2,1H3,(H,18,23). The van der Waals surface area contributed by atoms with Crippen molar-refractivity contribution in [3.63, 3.8) is 0 Å². The van der Waals surface area contributed by atoms with Gasteiger partial charge in [0.1, 0.15) is 0 Å². The molecule has 23 heavy (non-hydrogen) atoms. The molecule has 0 saturated carbocycles. The van der Waals surface area contributed by atoms with E-state index in [4.69, 9.17) is 0 Å². The molecule has 0 aliphatic carbocycles. The Hall–Kier alpha value is -2.34. The number of aryl methyl sites for hydroxylation is 1. The fraction of sp³-hybridized carbons (Fsp3) is 0.412. The zero-order chi connectivity index (χ0) is 16.1. The van der Waals surface area contributed by atoms with E-state index in [-0.39, 0.29) is 5.91 Å². The highest BCUT2D eigenvalue weighted by Gasteiger charge is 2.17. The molecule has 2 heterocycles. The molecule has 0 bridgehead atoms. The summed E-state index contributed by atoms with van der Waals surface area (Å²) in [6.07, 6.45) is 3.32. The van der Waals surface area contributed by atoms with Crippen molar-refractivity contribution in [2.45, 2.75) is 0 Å². The molecule has 0 atom stereocenters. The first-order chi connectivity index (χ1) is 11.2. The van der Waals surface area contributed by atoms with Gasteiger partial charge in [0.25, 0.3) is 5.91 Å². The van der Waals surface area contributed by atoms with Crippen LogP contribution in [0.25, 0.3) is 0 Å². The molecule has 6 nitrogen and oxygen atoms in total. The molecule has 1 N–H and O–H groups in total. The zero-order valence-electron chi connectivity index (χ0n) is 13.5. The number of anilines is 1. The summed E-state index contributed by atoms with van der Waals surface area (Å²) >= 11 is 0. The van der Waals surface area contributed by atoms with Gasteiger partial charge in [-0.25, -0.2) is 0 Å². The minimum atomic E-state index is -0.0546. The van der Waals surface area contributed by atoms with Crippen molar-refractivity contribution >= 4 is 11.6 Å². The number of aromatic nitrogens is 2. The summed E-state index contributed by atoms with van der Waals surface area (Å²) in [5, 5.41) is 6.97. The molecule has 3 rings (SSSR count). The van der Waals surface area contributed by atoms with Gasteiger partial charge in [0.05, 0.1) is 11.8 Å². The third-order valence-electron chi connectivity index (χ3n) is 4.17. The first-order valence-electron chi connectivity index (χ1n) is 8.01. The highest BCUT2D eigenvalue weighted by molar-refractivity contribution is 5.93. The maximum atomic E-state index is 11.9. The van der Waals surface area contributed by atoms with Gasteiger partial charge in [-0.1, -0.05) is 18.2 Å². The largest absolute Gasteiger partial charge is 0.369 e. The third-order valence-corrected chi connectivity index (χ3v) is 4.17. The Morgan fingerprint density at radius 1 is 1.17 bits per heavy atom. The van der Waals surface area contributed by atoms with E-state index in [1.807, 2.05) is 13.1 Å². The van der Waals surface area contributed by atoms with Crippen LogP contribution in [0.5, 0.6) is 0 Å². The van der Waals surface area contributed by atoms with Crippen LogP contribution in [0.2, 0.25) is 0 Å². The molecular weight excluding hydrogens is 290 g/mol. The highest BCUT2D eigenvalue weighted by Crippen LogP contribution is 2.15. The molecule has 1 aliphatic heterocycles. The third kappa shape index (κ3) is 4.10. The number of hydrogen-bond donors (Lipinski definition) is 1. The predicted octanol–water partition coefficient (Wildman–Crippen LogP) is 0.972. The number of hydrogen-bond acceptors (Lipinski definition) is 4. The second-order valence-electron chi connectivity index (χ2n) is 5.82. The first-order valence-corrected chi connectivity index (χ1v) is 8.01. The summed E-state index contributed by atoms with van der Waals surface area (Å²) in [7, 11) is 1.81. The van der Waals surface area contributed by atoms with Gasteiger partial charge >= 0.3 is 0 Å². The number of nitrogens with zero attached hydrogens (tertiary/aromatic N) is 4. The number of nitrogens with one attached hydrogen (secondary N) is 1. The van der Waals surface area contributed by atoms with Gasteiger partial charge in [-0.15, -0.1) is 0 Å². The van der Waals surface area contributed by atoms with Gasteiger partial charge in [0.2, 0.25) is 0 Å². The zero-order valence-corrected chi connectivity index (χ0v) is 13.5. The van der Waals surface area contributed by atoms with Crippen molar-refractivity contribution < 1.29 is 4.79 Å². The summed E-state index contributed by atoms with van der Waals surface area (Å²) in [6.45, 7) is 5.66. The van der Waals surface area contributed by atoms with Crippen LogP contribution in [-0.4, -0.2) is 59.9 Å². The number of rotatable bonds is 5. The van der Waals surface area contributed by atoms with Crippen molar-refractivity contribution in [3.05, 3.63) is 48.3 Å². The van der Waals surface area contributed by atoms with Crippen LogP contribution in [0.4, 0.5) is 5.69 Å². The Kier molecular flexibility index (Phi) is 4.92. The molecular formula is C17H23N5O. The van der Waals surface area contributed by atoms with Crippen molar-refractivity contribution in [3.8, 4) is 0 Å². The first kappa shape index (κ1) is 15.6. The Morgan fingerprint density at radius 2 is 1.91 bits per heavy atom. The summed E-state index contributed by atoms with van der Waals surface area (Å²) in [5.74, 6) is -0.0546. The van der Waals surface area contributed by atoms with Crippen molar-refractivity contribution in [2.75, 3.05) is 44.2 Å². The van der Waals surface area contributed by atoms with Crippen LogP contribution in [0.15, 0.2) is 42.7 Å². The summed E-state index contributed by atoms with van der Waals surface area (Å²) in [5.41, 5.74) is 1.90. The number of para-hydroxylation sites is 1. The lowest BCUT2D eigenvalue weighted by Gasteiger charge is -2.36. The monoisotopic (exact) mass is 313 g/mol. The molecule has 0 unspecified atom stereocenters. The van der Waals surface area contributed by atoms with Gasteiger partial charge in [-0.2, -0.15) is 5.10 Å². The van der Waals surface area contributed by atoms with Gasteiger partial charge in [-0.3, -0.25) is 14.4 Å². The quantitative estimate of drug-likeness (QED) is 0.894. The molecule has 0 spiro atoms. The molecule has 1 aromatic carbocycles. The maximum absolute atomic E-state index is 11.9. The lowest BCUT2D eigenvalue weighted by molar-refractivity contribution is 0.0947. The minimum absolute atomic E-state index is 0.0546. The molecule has 1 aliphatic rings. The topological polar surface area (TPSA) is 53.4 Å². The second kappa shape index (κ2) is 7.28. The van der Waals surface area contributed by atoms with Gasteiger partial charge < -0.3 is 10.2 Å². The van der Waals surface area contributed by atoms with Crippen molar-refractivity contribution in [2.24, 2.45) is 7.05 Å². The molecule has 1 fully saturated rings. The number of carbonyl (C=O) groups is 1. The van der Waals surface area contributed by atoms with Crippen LogP contribution in [0, 0.1) is 0 Å². The molecule has 1 aromatic heterocycles. The summed E-state index contributed by atoms with van der Waals surface area (Å²) < 4.78 is 1.64. The van der Waals surface area contributed by atoms with E-state index in [1.165, 1.54) is 5.69 Å². The van der Waals surface area contributed by atoms with Crippen LogP contribution in [0.1, 0.15) is 10.4 Å². The van der Waals surface area contributed by atoms with Crippen LogP contribution in [-0.2, 0) is 7.05 Å². The van der Waals surface area contributed by atoms with Gasteiger partial charge in [0.15, 0.2) is 0 Å². The van der Waals surface area contributed by atoms with E-state index < -0.39 is 0 Å². The van der Waals surface area contributed by atoms with E-state index in [0.717, 1.165) is 32.7 Å². The van der Waals surface area contributed by atoms with Crippen LogP contribution >= 0.6 is 0 Å². The number of piperazine rings is 1. The average Bonchev–Trinajstić information content (AvgIpc) is 3.03. The molecule has 1 saturated heterocycles. The molecule has 1 amide bonds. The van der Waals surface area contributed by atoms with Crippen molar-refractivity contribution in [1.29, 1.82) is 0 Å². The lowest BCUT2D eigenvalue weighted by atomic mass is 10.2. The normalized spacial score (nSPS) is 15.6. The molecule has 2 aromatic rings. The molecule has 6 heteroatoms. The minimum Gasteiger partial charge on any atom is -0.369 e. The lowest BCUT2D eigenvalue weighted by Crippen LogP contribution is -2.48. The Bertz CT molecular complexity index is 631. The predicted molar refractivity (Wildman–Crippen MR) is 90.6 cm³/mol. The Labute approximate surface area is 136 Å².